The topological polar surface area (TPSA) is 78.0 Å². The van der Waals surface area contributed by atoms with Gasteiger partial charge in [0.25, 0.3) is 5.91 Å². The zero-order valence-electron chi connectivity index (χ0n) is 12.3. The molecule has 0 N–H and O–H groups in total. The molecular weight excluding hydrogens is 312 g/mol. The maximum absolute atomic E-state index is 12.6. The molecule has 0 saturated carbocycles. The quantitative estimate of drug-likeness (QED) is 0.485. The van der Waals surface area contributed by atoms with Crippen LogP contribution in [0.2, 0.25) is 0 Å². The molecule has 1 aromatic rings. The summed E-state index contributed by atoms with van der Waals surface area (Å²) in [4.78, 5) is 22.6. The molecule has 7 heteroatoms. The second kappa shape index (κ2) is 6.50. The van der Waals surface area contributed by atoms with Crippen LogP contribution < -0.4 is 0 Å². The molecule has 2 aliphatic heterocycles. The van der Waals surface area contributed by atoms with Gasteiger partial charge in [0.15, 0.2) is 17.4 Å². The zero-order chi connectivity index (χ0) is 16.2. The highest BCUT2D eigenvalue weighted by molar-refractivity contribution is 8.17. The van der Waals surface area contributed by atoms with Gasteiger partial charge in [0.2, 0.25) is 0 Å². The number of nitriles is 1. The van der Waals surface area contributed by atoms with Gasteiger partial charge >= 0.3 is 0 Å². The highest BCUT2D eigenvalue weighted by atomic mass is 32.2. The van der Waals surface area contributed by atoms with Crippen LogP contribution in [0, 0.1) is 11.3 Å². The molecular formula is C16H12N4O2S. The summed E-state index contributed by atoms with van der Waals surface area (Å²) in [5, 5.41) is 9.63. The number of hydrogen-bond donors (Lipinski definition) is 0. The molecule has 2 aliphatic rings. The third kappa shape index (κ3) is 2.89. The molecule has 0 bridgehead atoms. The second-order valence-electron chi connectivity index (χ2n) is 4.53. The number of rotatable bonds is 4. The fourth-order valence-corrected chi connectivity index (χ4v) is 2.92. The lowest BCUT2D eigenvalue weighted by molar-refractivity contribution is -0.121. The van der Waals surface area contributed by atoms with Crippen molar-refractivity contribution in [3.8, 4) is 6.07 Å². The van der Waals surface area contributed by atoms with Gasteiger partial charge in [-0.1, -0.05) is 30.3 Å². The normalized spacial score (nSPS) is 18.6. The number of carbonyl (C=O) groups is 1. The van der Waals surface area contributed by atoms with E-state index in [1.807, 2.05) is 43.3 Å². The lowest BCUT2D eigenvalue weighted by Gasteiger charge is -2.09. The number of amides is 1. The summed E-state index contributed by atoms with van der Waals surface area (Å²) in [6, 6.07) is 11.5. The van der Waals surface area contributed by atoms with Crippen LogP contribution in [0.1, 0.15) is 12.5 Å². The van der Waals surface area contributed by atoms with Crippen LogP contribution in [-0.2, 0) is 9.53 Å². The summed E-state index contributed by atoms with van der Waals surface area (Å²) >= 11 is 1.13. The molecule has 114 valence electrons. The van der Waals surface area contributed by atoms with Crippen molar-refractivity contribution in [1.82, 2.24) is 4.90 Å². The van der Waals surface area contributed by atoms with E-state index < -0.39 is 0 Å². The lowest BCUT2D eigenvalue weighted by atomic mass is 10.2. The van der Waals surface area contributed by atoms with Crippen molar-refractivity contribution in [3.05, 3.63) is 52.3 Å². The van der Waals surface area contributed by atoms with Gasteiger partial charge in [-0.2, -0.15) is 5.26 Å². The second-order valence-corrected chi connectivity index (χ2v) is 5.51. The van der Waals surface area contributed by atoms with Crippen molar-refractivity contribution in [3.63, 3.8) is 0 Å². The molecule has 23 heavy (non-hydrogen) atoms. The number of benzene rings is 1. The highest BCUT2D eigenvalue weighted by Gasteiger charge is 2.41. The minimum atomic E-state index is -0.301. The zero-order valence-corrected chi connectivity index (χ0v) is 13.1. The Bertz CT molecular complexity index is 803. The minimum absolute atomic E-state index is 0.256. The Labute approximate surface area is 137 Å². The fourth-order valence-electron chi connectivity index (χ4n) is 2.05. The summed E-state index contributed by atoms with van der Waals surface area (Å²) in [7, 11) is 0. The molecule has 0 aliphatic carbocycles. The van der Waals surface area contributed by atoms with E-state index in [0.717, 1.165) is 17.3 Å². The molecule has 2 heterocycles. The molecule has 0 atom stereocenters. The smallest absolute Gasteiger partial charge is 0.284 e. The predicted octanol–water partition coefficient (Wildman–Crippen LogP) is 2.73. The van der Waals surface area contributed by atoms with Gasteiger partial charge in [0.05, 0.1) is 6.61 Å². The standard InChI is InChI=1S/C16H12N4O2S/c1-2-22-10-18-14-13(9-17)23-16-19-12(15(21)20(14)16)8-11-6-4-3-5-7-11/h3-8,10H,2H2,1H3. The maximum atomic E-state index is 12.6. The molecule has 0 aromatic heterocycles. The molecule has 0 unspecified atom stereocenters. The van der Waals surface area contributed by atoms with Crippen LogP contribution >= 0.6 is 11.8 Å². The Morgan fingerprint density at radius 3 is 2.91 bits per heavy atom. The Morgan fingerprint density at radius 1 is 1.43 bits per heavy atom. The summed E-state index contributed by atoms with van der Waals surface area (Å²) in [6.45, 7) is 2.28. The third-order valence-electron chi connectivity index (χ3n) is 3.06. The number of amidine groups is 1. The molecule has 1 amide bonds. The van der Waals surface area contributed by atoms with Gasteiger partial charge in [0.1, 0.15) is 16.7 Å². The number of nitrogens with zero attached hydrogens (tertiary/aromatic N) is 4. The monoisotopic (exact) mass is 324 g/mol. The molecule has 3 rings (SSSR count). The van der Waals surface area contributed by atoms with E-state index in [4.69, 9.17) is 4.74 Å². The van der Waals surface area contributed by atoms with Crippen LogP contribution in [0.5, 0.6) is 0 Å². The summed E-state index contributed by atoms with van der Waals surface area (Å²) in [5.41, 5.74) is 1.20. The number of thioether (sulfide) groups is 1. The highest BCUT2D eigenvalue weighted by Crippen LogP contribution is 2.39. The van der Waals surface area contributed by atoms with Gasteiger partial charge < -0.3 is 4.74 Å². The molecule has 1 aromatic carbocycles. The first-order valence-electron chi connectivity index (χ1n) is 6.91. The van der Waals surface area contributed by atoms with Crippen LogP contribution in [0.25, 0.3) is 6.08 Å². The molecule has 0 radical (unpaired) electrons. The third-order valence-corrected chi connectivity index (χ3v) is 3.99. The van der Waals surface area contributed by atoms with Crippen molar-refractivity contribution in [2.75, 3.05) is 6.61 Å². The lowest BCUT2D eigenvalue weighted by Crippen LogP contribution is -2.25. The maximum Gasteiger partial charge on any atom is 0.284 e. The number of ether oxygens (including phenoxy) is 1. The van der Waals surface area contributed by atoms with Gasteiger partial charge in [-0.3, -0.25) is 4.79 Å². The number of carbonyl (C=O) groups excluding carboxylic acids is 1. The van der Waals surface area contributed by atoms with Gasteiger partial charge in [-0.05, 0) is 30.3 Å². The van der Waals surface area contributed by atoms with Gasteiger partial charge in [-0.25, -0.2) is 14.9 Å². The van der Waals surface area contributed by atoms with Crippen molar-refractivity contribution in [2.24, 2.45) is 9.98 Å². The minimum Gasteiger partial charge on any atom is -0.483 e. The fraction of sp³-hybridized carbons (Fsp3) is 0.125. The Morgan fingerprint density at radius 2 is 2.22 bits per heavy atom. The van der Waals surface area contributed by atoms with Crippen LogP contribution in [0.4, 0.5) is 0 Å². The average Bonchev–Trinajstić information content (AvgIpc) is 3.06. The largest absolute Gasteiger partial charge is 0.483 e. The molecule has 0 saturated heterocycles. The first kappa shape index (κ1) is 15.1. The SMILES string of the molecule is CCOC=NC1=C(C#N)SC2=NC(=Cc3ccccc3)C(=O)N21. The van der Waals surface area contributed by atoms with E-state index in [2.05, 4.69) is 9.98 Å². The number of fused-ring (bicyclic) bond motifs is 1. The van der Waals surface area contributed by atoms with Crippen LogP contribution in [-0.4, -0.2) is 29.0 Å². The predicted molar refractivity (Wildman–Crippen MR) is 89.0 cm³/mol. The van der Waals surface area contributed by atoms with E-state index in [0.29, 0.717) is 22.4 Å². The van der Waals surface area contributed by atoms with E-state index >= 15 is 0 Å². The van der Waals surface area contributed by atoms with Gasteiger partial charge in [0, 0.05) is 0 Å². The first-order valence-corrected chi connectivity index (χ1v) is 7.72. The number of allylic oxidation sites excluding steroid dienone is 1. The Balaban J connectivity index is 1.91. The number of hydrogen-bond acceptors (Lipinski definition) is 6. The van der Waals surface area contributed by atoms with E-state index in [1.54, 1.807) is 6.08 Å². The average molecular weight is 324 g/mol. The Kier molecular flexibility index (Phi) is 4.26. The van der Waals surface area contributed by atoms with E-state index in [-0.39, 0.29) is 11.7 Å². The van der Waals surface area contributed by atoms with Gasteiger partial charge in [-0.15, -0.1) is 0 Å². The van der Waals surface area contributed by atoms with Crippen molar-refractivity contribution >= 4 is 35.3 Å². The Hall–Kier alpha value is -2.85. The van der Waals surface area contributed by atoms with E-state index in [9.17, 15) is 10.1 Å². The summed E-state index contributed by atoms with van der Waals surface area (Å²) < 4.78 is 5.06. The van der Waals surface area contributed by atoms with E-state index in [1.165, 1.54) is 11.3 Å². The molecule has 6 nitrogen and oxygen atoms in total. The summed E-state index contributed by atoms with van der Waals surface area (Å²) in [6.07, 6.45) is 2.95. The first-order chi connectivity index (χ1) is 11.2. The van der Waals surface area contributed by atoms with Crippen LogP contribution in [0.15, 0.2) is 56.7 Å². The van der Waals surface area contributed by atoms with Crippen molar-refractivity contribution in [1.29, 1.82) is 5.26 Å². The molecule has 0 spiro atoms. The molecule has 0 fully saturated rings. The van der Waals surface area contributed by atoms with Crippen molar-refractivity contribution in [2.45, 2.75) is 6.92 Å². The summed E-state index contributed by atoms with van der Waals surface area (Å²) in [5.74, 6) is -0.0450. The van der Waals surface area contributed by atoms with Crippen LogP contribution in [0.3, 0.4) is 0 Å². The van der Waals surface area contributed by atoms with Crippen molar-refractivity contribution < 1.29 is 9.53 Å². The number of aliphatic imine (C=N–C) groups is 2.